The van der Waals surface area contributed by atoms with E-state index in [1.54, 1.807) is 18.2 Å². The molecule has 0 aromatic heterocycles. The van der Waals surface area contributed by atoms with Gasteiger partial charge in [0, 0.05) is 16.6 Å². The summed E-state index contributed by atoms with van der Waals surface area (Å²) >= 11 is 6.00. The third-order valence-corrected chi connectivity index (χ3v) is 3.80. The van der Waals surface area contributed by atoms with Crippen LogP contribution in [-0.2, 0) is 0 Å². The van der Waals surface area contributed by atoms with E-state index in [1.807, 2.05) is 31.2 Å². The van der Waals surface area contributed by atoms with Gasteiger partial charge in [0.1, 0.15) is 11.5 Å². The molecule has 0 spiro atoms. The molecular formula is C17H16ClNO2. The Kier molecular flexibility index (Phi) is 3.84. The van der Waals surface area contributed by atoms with E-state index in [0.29, 0.717) is 28.1 Å². The van der Waals surface area contributed by atoms with Gasteiger partial charge in [0.15, 0.2) is 0 Å². The lowest BCUT2D eigenvalue weighted by Gasteiger charge is -2.09. The fraction of sp³-hybridized carbons (Fsp3) is 0.235. The molecule has 2 aromatic rings. The number of amides is 1. The van der Waals surface area contributed by atoms with Crippen LogP contribution >= 0.6 is 11.6 Å². The number of carbonyl (C=O) groups excluding carboxylic acids is 1. The average Bonchev–Trinajstić information content (AvgIpc) is 3.27. The van der Waals surface area contributed by atoms with E-state index in [1.165, 1.54) is 0 Å². The molecule has 0 radical (unpaired) electrons. The van der Waals surface area contributed by atoms with Crippen molar-refractivity contribution in [3.05, 3.63) is 58.6 Å². The lowest BCUT2D eigenvalue weighted by Crippen LogP contribution is -2.25. The zero-order valence-corrected chi connectivity index (χ0v) is 12.5. The Morgan fingerprint density at radius 1 is 1.19 bits per heavy atom. The van der Waals surface area contributed by atoms with Crippen molar-refractivity contribution in [3.8, 4) is 11.5 Å². The topological polar surface area (TPSA) is 38.3 Å². The molecule has 1 N–H and O–H groups in total. The molecule has 2 aromatic carbocycles. The monoisotopic (exact) mass is 301 g/mol. The summed E-state index contributed by atoms with van der Waals surface area (Å²) < 4.78 is 5.79. The van der Waals surface area contributed by atoms with Crippen LogP contribution in [0.2, 0.25) is 5.02 Å². The normalized spacial score (nSPS) is 13.8. The number of ether oxygens (including phenoxy) is 1. The van der Waals surface area contributed by atoms with Crippen molar-refractivity contribution < 1.29 is 9.53 Å². The first-order valence-electron chi connectivity index (χ1n) is 6.97. The SMILES string of the molecule is Cc1cc(Oc2cccc(C(=O)NC3CC3)c2)ccc1Cl. The minimum absolute atomic E-state index is 0.0461. The van der Waals surface area contributed by atoms with Crippen LogP contribution in [0.3, 0.4) is 0 Å². The maximum atomic E-state index is 12.0. The molecule has 108 valence electrons. The molecule has 1 fully saturated rings. The second kappa shape index (κ2) is 5.78. The van der Waals surface area contributed by atoms with Gasteiger partial charge < -0.3 is 10.1 Å². The van der Waals surface area contributed by atoms with Gasteiger partial charge in [0.05, 0.1) is 0 Å². The Bertz CT molecular complexity index is 680. The van der Waals surface area contributed by atoms with Crippen molar-refractivity contribution in [2.24, 2.45) is 0 Å². The minimum atomic E-state index is -0.0461. The number of rotatable bonds is 4. The van der Waals surface area contributed by atoms with Gasteiger partial charge in [-0.2, -0.15) is 0 Å². The minimum Gasteiger partial charge on any atom is -0.457 e. The zero-order chi connectivity index (χ0) is 14.8. The van der Waals surface area contributed by atoms with Crippen LogP contribution < -0.4 is 10.1 Å². The Morgan fingerprint density at radius 2 is 1.95 bits per heavy atom. The first-order valence-corrected chi connectivity index (χ1v) is 7.34. The van der Waals surface area contributed by atoms with E-state index in [9.17, 15) is 4.79 Å². The van der Waals surface area contributed by atoms with Gasteiger partial charge in [-0.3, -0.25) is 4.79 Å². The molecule has 0 aliphatic heterocycles. The summed E-state index contributed by atoms with van der Waals surface area (Å²) in [7, 11) is 0. The van der Waals surface area contributed by atoms with Crippen LogP contribution in [0.1, 0.15) is 28.8 Å². The number of aryl methyl sites for hydroxylation is 1. The Balaban J connectivity index is 1.75. The number of halogens is 1. The van der Waals surface area contributed by atoms with E-state index < -0.39 is 0 Å². The van der Waals surface area contributed by atoms with Crippen LogP contribution in [0.15, 0.2) is 42.5 Å². The Hall–Kier alpha value is -2.00. The van der Waals surface area contributed by atoms with Crippen molar-refractivity contribution in [1.29, 1.82) is 0 Å². The molecule has 4 heteroatoms. The standard InChI is InChI=1S/C17H16ClNO2/c1-11-9-15(7-8-16(11)18)21-14-4-2-3-12(10-14)17(20)19-13-5-6-13/h2-4,7-10,13H,5-6H2,1H3,(H,19,20). The van der Waals surface area contributed by atoms with E-state index in [0.717, 1.165) is 18.4 Å². The van der Waals surface area contributed by atoms with Crippen molar-refractivity contribution in [3.63, 3.8) is 0 Å². The zero-order valence-electron chi connectivity index (χ0n) is 11.7. The summed E-state index contributed by atoms with van der Waals surface area (Å²) in [6, 6.07) is 13.0. The molecule has 0 atom stereocenters. The van der Waals surface area contributed by atoms with Crippen LogP contribution in [0.5, 0.6) is 11.5 Å². The van der Waals surface area contributed by atoms with Gasteiger partial charge in [-0.1, -0.05) is 17.7 Å². The molecular weight excluding hydrogens is 286 g/mol. The van der Waals surface area contributed by atoms with Gasteiger partial charge in [0.2, 0.25) is 0 Å². The summed E-state index contributed by atoms with van der Waals surface area (Å²) in [6.45, 7) is 1.93. The van der Waals surface area contributed by atoms with E-state index in [4.69, 9.17) is 16.3 Å². The Morgan fingerprint density at radius 3 is 2.67 bits per heavy atom. The van der Waals surface area contributed by atoms with Crippen molar-refractivity contribution in [1.82, 2.24) is 5.32 Å². The summed E-state index contributed by atoms with van der Waals surface area (Å²) in [5.74, 6) is 1.30. The quantitative estimate of drug-likeness (QED) is 0.912. The molecule has 3 nitrogen and oxygen atoms in total. The molecule has 1 amide bonds. The van der Waals surface area contributed by atoms with E-state index in [-0.39, 0.29) is 5.91 Å². The van der Waals surface area contributed by atoms with Crippen LogP contribution in [0, 0.1) is 6.92 Å². The second-order valence-corrected chi connectivity index (χ2v) is 5.70. The average molecular weight is 302 g/mol. The first-order chi connectivity index (χ1) is 10.1. The highest BCUT2D eigenvalue weighted by atomic mass is 35.5. The summed E-state index contributed by atoms with van der Waals surface area (Å²) in [5.41, 5.74) is 1.57. The number of carbonyl (C=O) groups is 1. The molecule has 1 saturated carbocycles. The predicted octanol–water partition coefficient (Wildman–Crippen LogP) is 4.33. The highest BCUT2D eigenvalue weighted by Crippen LogP contribution is 2.26. The van der Waals surface area contributed by atoms with Gasteiger partial charge in [-0.25, -0.2) is 0 Å². The van der Waals surface area contributed by atoms with Crippen molar-refractivity contribution in [2.75, 3.05) is 0 Å². The fourth-order valence-corrected chi connectivity index (χ4v) is 2.13. The lowest BCUT2D eigenvalue weighted by atomic mass is 10.2. The Labute approximate surface area is 128 Å². The number of nitrogens with one attached hydrogen (secondary N) is 1. The van der Waals surface area contributed by atoms with Gasteiger partial charge >= 0.3 is 0 Å². The molecule has 0 heterocycles. The molecule has 3 rings (SSSR count). The lowest BCUT2D eigenvalue weighted by molar-refractivity contribution is 0.0951. The van der Waals surface area contributed by atoms with Gasteiger partial charge in [-0.05, 0) is 61.7 Å². The third kappa shape index (κ3) is 3.56. The number of benzene rings is 2. The molecule has 21 heavy (non-hydrogen) atoms. The smallest absolute Gasteiger partial charge is 0.251 e. The summed E-state index contributed by atoms with van der Waals surface area (Å²) in [5, 5.41) is 3.67. The molecule has 0 unspecified atom stereocenters. The highest BCUT2D eigenvalue weighted by Gasteiger charge is 2.23. The summed E-state index contributed by atoms with van der Waals surface area (Å²) in [4.78, 5) is 12.0. The fourth-order valence-electron chi connectivity index (χ4n) is 2.01. The third-order valence-electron chi connectivity index (χ3n) is 3.37. The van der Waals surface area contributed by atoms with E-state index >= 15 is 0 Å². The maximum Gasteiger partial charge on any atom is 0.251 e. The van der Waals surface area contributed by atoms with Crippen LogP contribution in [-0.4, -0.2) is 11.9 Å². The largest absolute Gasteiger partial charge is 0.457 e. The van der Waals surface area contributed by atoms with Gasteiger partial charge in [0.25, 0.3) is 5.91 Å². The van der Waals surface area contributed by atoms with Crippen molar-refractivity contribution >= 4 is 17.5 Å². The molecule has 0 saturated heterocycles. The summed E-state index contributed by atoms with van der Waals surface area (Å²) in [6.07, 6.45) is 2.15. The highest BCUT2D eigenvalue weighted by molar-refractivity contribution is 6.31. The van der Waals surface area contributed by atoms with Gasteiger partial charge in [-0.15, -0.1) is 0 Å². The first kappa shape index (κ1) is 14.0. The molecule has 0 bridgehead atoms. The predicted molar refractivity (Wildman–Crippen MR) is 83.2 cm³/mol. The number of hydrogen-bond acceptors (Lipinski definition) is 2. The molecule has 1 aliphatic carbocycles. The van der Waals surface area contributed by atoms with E-state index in [2.05, 4.69) is 5.32 Å². The molecule has 1 aliphatic rings. The second-order valence-electron chi connectivity index (χ2n) is 5.29. The van der Waals surface area contributed by atoms with Crippen LogP contribution in [0.25, 0.3) is 0 Å². The maximum absolute atomic E-state index is 12.0. The van der Waals surface area contributed by atoms with Crippen molar-refractivity contribution in [2.45, 2.75) is 25.8 Å². The van der Waals surface area contributed by atoms with Crippen LogP contribution in [0.4, 0.5) is 0 Å². The number of hydrogen-bond donors (Lipinski definition) is 1.